The maximum Gasteiger partial charge on any atom is 0.573 e. The Balaban J connectivity index is 0.00000204. The molecular formula is C24H37Cl2F3N2O3. The van der Waals surface area contributed by atoms with Crippen LogP contribution in [0.4, 0.5) is 13.2 Å². The Kier molecular flexibility index (Phi) is 11.7. The summed E-state index contributed by atoms with van der Waals surface area (Å²) in [6.07, 6.45) is 0.794. The number of rotatable bonds is 6. The first-order valence-electron chi connectivity index (χ1n) is 12.0. The summed E-state index contributed by atoms with van der Waals surface area (Å²) in [6, 6.07) is 6.95. The number of alkyl halides is 3. The molecule has 0 bridgehead atoms. The van der Waals surface area contributed by atoms with Crippen molar-refractivity contribution in [1.29, 1.82) is 0 Å². The van der Waals surface area contributed by atoms with E-state index in [0.29, 0.717) is 6.04 Å². The van der Waals surface area contributed by atoms with Gasteiger partial charge in [0.25, 0.3) is 0 Å². The van der Waals surface area contributed by atoms with Crippen LogP contribution in [-0.4, -0.2) is 79.4 Å². The third kappa shape index (κ3) is 8.14. The molecule has 2 saturated heterocycles. The highest BCUT2D eigenvalue weighted by Gasteiger charge is 2.35. The Morgan fingerprint density at radius 3 is 2.32 bits per heavy atom. The highest BCUT2D eigenvalue weighted by atomic mass is 35.5. The van der Waals surface area contributed by atoms with Crippen LogP contribution in [0.3, 0.4) is 0 Å². The van der Waals surface area contributed by atoms with Gasteiger partial charge in [-0.05, 0) is 62.4 Å². The quantitative estimate of drug-likeness (QED) is 0.571. The molecule has 0 radical (unpaired) electrons. The number of halogens is 5. The number of aliphatic hydroxyl groups is 1. The van der Waals surface area contributed by atoms with Gasteiger partial charge in [0.1, 0.15) is 5.75 Å². The predicted molar refractivity (Wildman–Crippen MR) is 130 cm³/mol. The van der Waals surface area contributed by atoms with Gasteiger partial charge in [-0.15, -0.1) is 38.0 Å². The molecule has 1 N–H and O–H groups in total. The number of benzene rings is 1. The van der Waals surface area contributed by atoms with Gasteiger partial charge in [0.15, 0.2) is 0 Å². The van der Waals surface area contributed by atoms with Gasteiger partial charge in [0, 0.05) is 31.6 Å². The molecule has 2 aliphatic heterocycles. The number of hydrogen-bond donors (Lipinski definition) is 1. The minimum absolute atomic E-state index is 0. The third-order valence-electron chi connectivity index (χ3n) is 7.39. The topological polar surface area (TPSA) is 45.2 Å². The SMILES string of the molecule is Cl.Cl.OC1CCCCC1C(CN1CCC(N2CCOCC2)CC1)c1cccc(OC(F)(F)F)c1. The summed E-state index contributed by atoms with van der Waals surface area (Å²) in [5.41, 5.74) is 0.827. The van der Waals surface area contributed by atoms with E-state index < -0.39 is 12.5 Å². The van der Waals surface area contributed by atoms with Gasteiger partial charge in [-0.25, -0.2) is 0 Å². The summed E-state index contributed by atoms with van der Waals surface area (Å²) < 4.78 is 48.0. The van der Waals surface area contributed by atoms with E-state index in [0.717, 1.165) is 90.0 Å². The highest BCUT2D eigenvalue weighted by molar-refractivity contribution is 5.85. The Hall–Kier alpha value is -0.770. The molecule has 5 nitrogen and oxygen atoms in total. The monoisotopic (exact) mass is 528 g/mol. The lowest BCUT2D eigenvalue weighted by Gasteiger charge is -2.42. The Bertz CT molecular complexity index is 730. The van der Waals surface area contributed by atoms with Crippen LogP contribution in [0.5, 0.6) is 5.75 Å². The molecule has 0 aromatic heterocycles. The van der Waals surface area contributed by atoms with E-state index in [2.05, 4.69) is 14.5 Å². The number of ether oxygens (including phenoxy) is 2. The lowest BCUT2D eigenvalue weighted by atomic mass is 9.74. The van der Waals surface area contributed by atoms with Crippen molar-refractivity contribution in [2.24, 2.45) is 5.92 Å². The molecule has 1 aromatic carbocycles. The van der Waals surface area contributed by atoms with Crippen molar-refractivity contribution < 1.29 is 27.8 Å². The van der Waals surface area contributed by atoms with Crippen LogP contribution in [0.1, 0.15) is 50.0 Å². The molecule has 2 heterocycles. The van der Waals surface area contributed by atoms with Crippen molar-refractivity contribution in [1.82, 2.24) is 9.80 Å². The number of nitrogens with zero attached hydrogens (tertiary/aromatic N) is 2. The first-order chi connectivity index (χ1) is 15.4. The molecular weight excluding hydrogens is 492 g/mol. The van der Waals surface area contributed by atoms with Gasteiger partial charge < -0.3 is 19.5 Å². The normalized spacial score (nSPS) is 26.2. The van der Waals surface area contributed by atoms with Crippen LogP contribution >= 0.6 is 24.8 Å². The fourth-order valence-electron chi connectivity index (χ4n) is 5.73. The minimum Gasteiger partial charge on any atom is -0.406 e. The first-order valence-corrected chi connectivity index (χ1v) is 12.0. The molecule has 3 aliphatic rings. The van der Waals surface area contributed by atoms with Gasteiger partial charge in [0.2, 0.25) is 0 Å². The van der Waals surface area contributed by atoms with Gasteiger partial charge in [0.05, 0.1) is 19.3 Å². The summed E-state index contributed by atoms with van der Waals surface area (Å²) in [5.74, 6) is -0.139. The zero-order chi connectivity index (χ0) is 22.6. The summed E-state index contributed by atoms with van der Waals surface area (Å²) in [5, 5.41) is 10.7. The second kappa shape index (κ2) is 13.5. The smallest absolute Gasteiger partial charge is 0.406 e. The predicted octanol–water partition coefficient (Wildman–Crippen LogP) is 4.86. The maximum atomic E-state index is 12.8. The molecule has 3 fully saturated rings. The van der Waals surface area contributed by atoms with Crippen LogP contribution in [0.2, 0.25) is 0 Å². The lowest BCUT2D eigenvalue weighted by Crippen LogP contribution is -2.50. The van der Waals surface area contributed by atoms with E-state index in [1.54, 1.807) is 6.07 Å². The van der Waals surface area contributed by atoms with Gasteiger partial charge in [-0.2, -0.15) is 0 Å². The van der Waals surface area contributed by atoms with E-state index in [1.807, 2.05) is 6.07 Å². The average Bonchev–Trinajstić information content (AvgIpc) is 2.78. The molecule has 1 aromatic rings. The van der Waals surface area contributed by atoms with Gasteiger partial charge in [-0.3, -0.25) is 4.90 Å². The molecule has 10 heteroatoms. The maximum absolute atomic E-state index is 12.8. The van der Waals surface area contributed by atoms with E-state index in [1.165, 1.54) is 12.1 Å². The second-order valence-corrected chi connectivity index (χ2v) is 9.42. The Labute approximate surface area is 212 Å². The van der Waals surface area contributed by atoms with Crippen LogP contribution < -0.4 is 4.74 Å². The van der Waals surface area contributed by atoms with Gasteiger partial charge >= 0.3 is 6.36 Å². The third-order valence-corrected chi connectivity index (χ3v) is 7.39. The molecule has 0 amide bonds. The van der Waals surface area contributed by atoms with Crippen molar-refractivity contribution in [3.63, 3.8) is 0 Å². The summed E-state index contributed by atoms with van der Waals surface area (Å²) in [6.45, 7) is 6.30. The molecule has 0 spiro atoms. The first kappa shape index (κ1) is 29.5. The van der Waals surface area contributed by atoms with Crippen molar-refractivity contribution >= 4 is 24.8 Å². The number of hydrogen-bond acceptors (Lipinski definition) is 5. The van der Waals surface area contributed by atoms with Crippen LogP contribution in [-0.2, 0) is 4.74 Å². The summed E-state index contributed by atoms with van der Waals surface area (Å²) in [4.78, 5) is 4.96. The molecule has 34 heavy (non-hydrogen) atoms. The minimum atomic E-state index is -4.71. The van der Waals surface area contributed by atoms with Crippen LogP contribution in [0.25, 0.3) is 0 Å². The Morgan fingerprint density at radius 1 is 1.00 bits per heavy atom. The molecule has 4 rings (SSSR count). The van der Waals surface area contributed by atoms with Gasteiger partial charge in [-0.1, -0.05) is 25.0 Å². The van der Waals surface area contributed by atoms with E-state index >= 15 is 0 Å². The van der Waals surface area contributed by atoms with Crippen molar-refractivity contribution in [3.8, 4) is 5.75 Å². The average molecular weight is 529 g/mol. The molecule has 3 atom stereocenters. The fraction of sp³-hybridized carbons (Fsp3) is 0.750. The molecule has 1 aliphatic carbocycles. The number of aliphatic hydroxyl groups excluding tert-OH is 1. The van der Waals surface area contributed by atoms with Crippen molar-refractivity contribution in [2.75, 3.05) is 45.9 Å². The zero-order valence-corrected chi connectivity index (χ0v) is 21.1. The van der Waals surface area contributed by atoms with Crippen molar-refractivity contribution in [2.45, 2.75) is 63.0 Å². The number of morpholine rings is 1. The number of piperidine rings is 1. The van der Waals surface area contributed by atoms with E-state index in [4.69, 9.17) is 4.74 Å². The standard InChI is InChI=1S/C24H35F3N2O3.2ClH/c25-24(26,27)32-20-5-3-4-18(16-20)22(21-6-1-2-7-23(21)30)17-28-10-8-19(9-11-28)29-12-14-31-15-13-29;;/h3-5,16,19,21-23,30H,1-2,6-15,17H2;2*1H. The summed E-state index contributed by atoms with van der Waals surface area (Å²) >= 11 is 0. The van der Waals surface area contributed by atoms with E-state index in [-0.39, 0.29) is 42.4 Å². The fourth-order valence-corrected chi connectivity index (χ4v) is 5.73. The Morgan fingerprint density at radius 2 is 1.68 bits per heavy atom. The second-order valence-electron chi connectivity index (χ2n) is 9.42. The van der Waals surface area contributed by atoms with E-state index in [9.17, 15) is 18.3 Å². The largest absolute Gasteiger partial charge is 0.573 e. The molecule has 1 saturated carbocycles. The lowest BCUT2D eigenvalue weighted by molar-refractivity contribution is -0.274. The molecule has 3 unspecified atom stereocenters. The van der Waals surface area contributed by atoms with Crippen LogP contribution in [0.15, 0.2) is 24.3 Å². The summed E-state index contributed by atoms with van der Waals surface area (Å²) in [7, 11) is 0. The van der Waals surface area contributed by atoms with Crippen LogP contribution in [0, 0.1) is 5.92 Å². The zero-order valence-electron chi connectivity index (χ0n) is 19.4. The number of likely N-dealkylation sites (tertiary alicyclic amines) is 1. The highest BCUT2D eigenvalue weighted by Crippen LogP contribution is 2.39. The van der Waals surface area contributed by atoms with Crippen molar-refractivity contribution in [3.05, 3.63) is 29.8 Å². The molecule has 196 valence electrons.